The van der Waals surface area contributed by atoms with Crippen molar-refractivity contribution in [3.8, 4) is 0 Å². The molecule has 0 radical (unpaired) electrons. The Kier molecular flexibility index (Phi) is 5.17. The molecule has 2 atom stereocenters. The number of morpholine rings is 1. The molecule has 1 saturated heterocycles. The monoisotopic (exact) mass is 293 g/mol. The number of hydrogen-bond acceptors (Lipinski definition) is 2. The zero-order chi connectivity index (χ0) is 15.4. The second kappa shape index (κ2) is 6.89. The summed E-state index contributed by atoms with van der Waals surface area (Å²) < 4.78 is 19.1. The molecule has 0 saturated carbocycles. The Labute approximate surface area is 126 Å². The highest BCUT2D eigenvalue weighted by Crippen LogP contribution is 2.25. The van der Waals surface area contributed by atoms with Crippen molar-refractivity contribution in [2.45, 2.75) is 26.1 Å². The van der Waals surface area contributed by atoms with E-state index in [4.69, 9.17) is 4.74 Å². The van der Waals surface area contributed by atoms with Crippen LogP contribution in [0, 0.1) is 5.82 Å². The van der Waals surface area contributed by atoms with Gasteiger partial charge in [-0.05, 0) is 31.5 Å². The van der Waals surface area contributed by atoms with Gasteiger partial charge in [-0.15, -0.1) is 0 Å². The fourth-order valence-corrected chi connectivity index (χ4v) is 2.64. The van der Waals surface area contributed by atoms with Crippen molar-refractivity contribution in [2.24, 2.45) is 4.99 Å². The quantitative estimate of drug-likeness (QED) is 0.619. The van der Waals surface area contributed by atoms with Crippen LogP contribution in [-0.2, 0) is 4.74 Å². The van der Waals surface area contributed by atoms with Crippen molar-refractivity contribution >= 4 is 5.96 Å². The zero-order valence-corrected chi connectivity index (χ0v) is 13.2. The maximum absolute atomic E-state index is 13.1. The number of halogens is 1. The topological polar surface area (TPSA) is 28.1 Å². The van der Waals surface area contributed by atoms with Crippen LogP contribution < -0.4 is 0 Å². The van der Waals surface area contributed by atoms with Crippen molar-refractivity contribution in [3.63, 3.8) is 0 Å². The maximum Gasteiger partial charge on any atom is 0.196 e. The lowest BCUT2D eigenvalue weighted by Crippen LogP contribution is -2.50. The molecule has 0 N–H and O–H groups in total. The Morgan fingerprint density at radius 2 is 2.00 bits per heavy atom. The van der Waals surface area contributed by atoms with Gasteiger partial charge in [-0.2, -0.15) is 0 Å². The van der Waals surface area contributed by atoms with E-state index < -0.39 is 0 Å². The van der Waals surface area contributed by atoms with E-state index >= 15 is 0 Å². The first-order chi connectivity index (χ1) is 10.0. The molecule has 21 heavy (non-hydrogen) atoms. The Balaban J connectivity index is 2.19. The number of aliphatic imine (C=N–C) groups is 1. The van der Waals surface area contributed by atoms with E-state index in [0.29, 0.717) is 0 Å². The highest BCUT2D eigenvalue weighted by molar-refractivity contribution is 5.79. The molecule has 1 heterocycles. The zero-order valence-electron chi connectivity index (χ0n) is 13.2. The molecule has 1 aliphatic rings. The summed E-state index contributed by atoms with van der Waals surface area (Å²) in [6, 6.07) is 6.55. The third kappa shape index (κ3) is 3.94. The highest BCUT2D eigenvalue weighted by atomic mass is 19.1. The van der Waals surface area contributed by atoms with Crippen LogP contribution in [0.4, 0.5) is 4.39 Å². The predicted octanol–water partition coefficient (Wildman–Crippen LogP) is 2.53. The summed E-state index contributed by atoms with van der Waals surface area (Å²) >= 11 is 0. The molecule has 1 aromatic rings. The van der Waals surface area contributed by atoms with E-state index in [1.54, 1.807) is 12.1 Å². The molecule has 0 aromatic heterocycles. The molecule has 2 rings (SSSR count). The SMILES string of the molecule is CCN=C(N(C)C)N1CC(C)OC(c2ccc(F)cc2)C1. The summed E-state index contributed by atoms with van der Waals surface area (Å²) in [4.78, 5) is 8.85. The number of nitrogens with zero attached hydrogens (tertiary/aromatic N) is 3. The molecule has 1 aliphatic heterocycles. The van der Waals surface area contributed by atoms with Gasteiger partial charge in [0.2, 0.25) is 0 Å². The second-order valence-corrected chi connectivity index (χ2v) is 5.56. The maximum atomic E-state index is 13.1. The van der Waals surface area contributed by atoms with E-state index in [-0.39, 0.29) is 18.0 Å². The van der Waals surface area contributed by atoms with Crippen LogP contribution in [0.25, 0.3) is 0 Å². The van der Waals surface area contributed by atoms with E-state index in [2.05, 4.69) is 16.8 Å². The first-order valence-electron chi connectivity index (χ1n) is 7.39. The van der Waals surface area contributed by atoms with E-state index in [1.165, 1.54) is 12.1 Å². The minimum absolute atomic E-state index is 0.0589. The molecule has 0 aliphatic carbocycles. The molecule has 4 nitrogen and oxygen atoms in total. The summed E-state index contributed by atoms with van der Waals surface area (Å²) in [5.41, 5.74) is 1.00. The lowest BCUT2D eigenvalue weighted by atomic mass is 10.1. The summed E-state index contributed by atoms with van der Waals surface area (Å²) in [6.45, 7) is 6.38. The number of ether oxygens (including phenoxy) is 1. The fraction of sp³-hybridized carbons (Fsp3) is 0.562. The fourth-order valence-electron chi connectivity index (χ4n) is 2.64. The van der Waals surface area contributed by atoms with E-state index in [9.17, 15) is 4.39 Å². The smallest absolute Gasteiger partial charge is 0.196 e. The molecule has 116 valence electrons. The molecule has 0 amide bonds. The van der Waals surface area contributed by atoms with E-state index in [0.717, 1.165) is 31.2 Å². The van der Waals surface area contributed by atoms with Gasteiger partial charge in [0, 0.05) is 27.2 Å². The van der Waals surface area contributed by atoms with Crippen LogP contribution in [0.2, 0.25) is 0 Å². The van der Waals surface area contributed by atoms with Crippen molar-refractivity contribution in [1.29, 1.82) is 0 Å². The normalized spacial score (nSPS) is 23.3. The third-order valence-electron chi connectivity index (χ3n) is 3.48. The van der Waals surface area contributed by atoms with Crippen LogP contribution in [0.15, 0.2) is 29.3 Å². The van der Waals surface area contributed by atoms with Gasteiger partial charge < -0.3 is 14.5 Å². The molecular formula is C16H24FN3O. The van der Waals surface area contributed by atoms with Gasteiger partial charge in [-0.25, -0.2) is 4.39 Å². The molecule has 1 aromatic carbocycles. The van der Waals surface area contributed by atoms with Crippen LogP contribution in [0.5, 0.6) is 0 Å². The van der Waals surface area contributed by atoms with Gasteiger partial charge in [0.1, 0.15) is 11.9 Å². The molecule has 5 heteroatoms. The van der Waals surface area contributed by atoms with Gasteiger partial charge in [-0.1, -0.05) is 12.1 Å². The van der Waals surface area contributed by atoms with Crippen LogP contribution in [-0.4, -0.2) is 55.6 Å². The Bertz CT molecular complexity index is 487. The molecule has 0 bridgehead atoms. The Hall–Kier alpha value is -1.62. The number of rotatable bonds is 2. The largest absolute Gasteiger partial charge is 0.367 e. The Morgan fingerprint density at radius 3 is 2.57 bits per heavy atom. The van der Waals surface area contributed by atoms with E-state index in [1.807, 2.05) is 25.9 Å². The minimum Gasteiger partial charge on any atom is -0.367 e. The lowest BCUT2D eigenvalue weighted by Gasteiger charge is -2.40. The van der Waals surface area contributed by atoms with Gasteiger partial charge in [0.25, 0.3) is 0 Å². The Morgan fingerprint density at radius 1 is 1.33 bits per heavy atom. The third-order valence-corrected chi connectivity index (χ3v) is 3.48. The molecular weight excluding hydrogens is 269 g/mol. The first kappa shape index (κ1) is 15.8. The average molecular weight is 293 g/mol. The second-order valence-electron chi connectivity index (χ2n) is 5.56. The average Bonchev–Trinajstić information content (AvgIpc) is 2.44. The summed E-state index contributed by atoms with van der Waals surface area (Å²) in [5.74, 6) is 0.751. The minimum atomic E-state index is -0.221. The summed E-state index contributed by atoms with van der Waals surface area (Å²) in [7, 11) is 4.00. The highest BCUT2D eigenvalue weighted by Gasteiger charge is 2.29. The van der Waals surface area contributed by atoms with Crippen molar-refractivity contribution < 1.29 is 9.13 Å². The summed E-state index contributed by atoms with van der Waals surface area (Å²) in [5, 5.41) is 0. The van der Waals surface area contributed by atoms with Crippen LogP contribution in [0.1, 0.15) is 25.5 Å². The van der Waals surface area contributed by atoms with Gasteiger partial charge in [-0.3, -0.25) is 4.99 Å². The van der Waals surface area contributed by atoms with Crippen LogP contribution in [0.3, 0.4) is 0 Å². The molecule has 0 spiro atoms. The number of benzene rings is 1. The standard InChI is InChI=1S/C16H24FN3O/c1-5-18-16(19(3)4)20-10-12(2)21-15(11-20)13-6-8-14(17)9-7-13/h6-9,12,15H,5,10-11H2,1-4H3. The lowest BCUT2D eigenvalue weighted by molar-refractivity contribution is -0.0619. The predicted molar refractivity (Wildman–Crippen MR) is 82.9 cm³/mol. The van der Waals surface area contributed by atoms with Crippen molar-refractivity contribution in [3.05, 3.63) is 35.6 Å². The van der Waals surface area contributed by atoms with Gasteiger partial charge in [0.05, 0.1) is 12.6 Å². The molecule has 1 fully saturated rings. The van der Waals surface area contributed by atoms with Gasteiger partial charge in [0.15, 0.2) is 5.96 Å². The van der Waals surface area contributed by atoms with Crippen LogP contribution >= 0.6 is 0 Å². The van der Waals surface area contributed by atoms with Gasteiger partial charge >= 0.3 is 0 Å². The van der Waals surface area contributed by atoms with Crippen molar-refractivity contribution in [2.75, 3.05) is 33.7 Å². The first-order valence-corrected chi connectivity index (χ1v) is 7.39. The number of guanidine groups is 1. The number of hydrogen-bond donors (Lipinski definition) is 0. The summed E-state index contributed by atoms with van der Waals surface area (Å²) in [6.07, 6.45) is 0.0483. The van der Waals surface area contributed by atoms with Crippen molar-refractivity contribution in [1.82, 2.24) is 9.80 Å². The molecule has 2 unspecified atom stereocenters.